The molecule has 32 heavy (non-hydrogen) atoms. The first-order chi connectivity index (χ1) is 15.5. The maximum absolute atomic E-state index is 12.9. The Morgan fingerprint density at radius 2 is 1.84 bits per heavy atom. The summed E-state index contributed by atoms with van der Waals surface area (Å²) in [5.41, 5.74) is 2.08. The van der Waals surface area contributed by atoms with E-state index in [1.807, 2.05) is 6.07 Å². The molecule has 0 aliphatic heterocycles. The van der Waals surface area contributed by atoms with Crippen LogP contribution in [-0.4, -0.2) is 29.7 Å². The Balaban J connectivity index is 1.55. The summed E-state index contributed by atoms with van der Waals surface area (Å²) in [7, 11) is 3.12. The van der Waals surface area contributed by atoms with Gasteiger partial charge in [-0.3, -0.25) is 14.2 Å². The second-order valence-corrected chi connectivity index (χ2v) is 7.44. The zero-order valence-electron chi connectivity index (χ0n) is 17.5. The number of fused-ring (bicyclic) bond motifs is 1. The number of aromatic nitrogens is 2. The van der Waals surface area contributed by atoms with Gasteiger partial charge in [-0.25, -0.2) is 4.98 Å². The van der Waals surface area contributed by atoms with Crippen LogP contribution in [-0.2, 0) is 6.54 Å². The van der Waals surface area contributed by atoms with E-state index in [4.69, 9.17) is 21.1 Å². The Hall–Kier alpha value is -3.84. The van der Waals surface area contributed by atoms with Crippen LogP contribution in [0.5, 0.6) is 11.5 Å². The first-order valence-corrected chi connectivity index (χ1v) is 10.1. The molecule has 4 aromatic rings. The van der Waals surface area contributed by atoms with Gasteiger partial charge in [-0.1, -0.05) is 23.7 Å². The minimum atomic E-state index is -0.275. The van der Waals surface area contributed by atoms with Gasteiger partial charge in [0.1, 0.15) is 6.33 Å². The van der Waals surface area contributed by atoms with Gasteiger partial charge in [-0.2, -0.15) is 0 Å². The molecular weight excluding hydrogens is 430 g/mol. The van der Waals surface area contributed by atoms with E-state index in [2.05, 4.69) is 10.3 Å². The molecule has 0 aliphatic rings. The normalized spacial score (nSPS) is 10.7. The van der Waals surface area contributed by atoms with Crippen molar-refractivity contribution in [3.8, 4) is 17.2 Å². The van der Waals surface area contributed by atoms with E-state index in [9.17, 15) is 9.59 Å². The van der Waals surface area contributed by atoms with Crippen LogP contribution in [0.1, 0.15) is 15.9 Å². The summed E-state index contributed by atoms with van der Waals surface area (Å²) >= 11 is 6.03. The van der Waals surface area contributed by atoms with E-state index in [0.29, 0.717) is 45.2 Å². The Kier molecular flexibility index (Phi) is 6.09. The third-order valence-corrected chi connectivity index (χ3v) is 5.24. The second-order valence-electron chi connectivity index (χ2n) is 7.00. The Bertz CT molecular complexity index is 1370. The van der Waals surface area contributed by atoms with Crippen molar-refractivity contribution in [1.82, 2.24) is 14.9 Å². The van der Waals surface area contributed by atoms with Crippen LogP contribution in [0.3, 0.4) is 0 Å². The van der Waals surface area contributed by atoms with E-state index in [1.165, 1.54) is 10.9 Å². The minimum absolute atomic E-state index is 0.241. The Morgan fingerprint density at radius 1 is 1.03 bits per heavy atom. The predicted molar refractivity (Wildman–Crippen MR) is 123 cm³/mol. The minimum Gasteiger partial charge on any atom is -0.493 e. The van der Waals surface area contributed by atoms with Gasteiger partial charge in [-0.15, -0.1) is 0 Å². The molecule has 0 fully saturated rings. The lowest BCUT2D eigenvalue weighted by Crippen LogP contribution is -2.23. The van der Waals surface area contributed by atoms with E-state index < -0.39 is 0 Å². The van der Waals surface area contributed by atoms with Gasteiger partial charge < -0.3 is 14.8 Å². The zero-order chi connectivity index (χ0) is 22.7. The lowest BCUT2D eigenvalue weighted by Gasteiger charge is -2.11. The molecule has 0 spiro atoms. The van der Waals surface area contributed by atoms with Crippen molar-refractivity contribution >= 4 is 28.4 Å². The number of benzene rings is 3. The summed E-state index contributed by atoms with van der Waals surface area (Å²) in [5.74, 6) is 0.930. The number of carbonyl (C=O) groups is 1. The first kappa shape index (κ1) is 21.4. The van der Waals surface area contributed by atoms with Crippen LogP contribution in [0.25, 0.3) is 16.6 Å². The van der Waals surface area contributed by atoms with Crippen molar-refractivity contribution in [2.75, 3.05) is 14.2 Å². The second kappa shape index (κ2) is 9.11. The highest BCUT2D eigenvalue weighted by Crippen LogP contribution is 2.27. The molecule has 8 heteroatoms. The molecule has 0 radical (unpaired) electrons. The molecule has 0 saturated heterocycles. The van der Waals surface area contributed by atoms with Crippen LogP contribution in [0.4, 0.5) is 0 Å². The Labute approximate surface area is 189 Å². The highest BCUT2D eigenvalue weighted by atomic mass is 35.5. The molecule has 0 atom stereocenters. The van der Waals surface area contributed by atoms with E-state index in [1.54, 1.807) is 68.8 Å². The summed E-state index contributed by atoms with van der Waals surface area (Å²) < 4.78 is 11.9. The van der Waals surface area contributed by atoms with E-state index in [0.717, 1.165) is 5.56 Å². The number of hydrogen-bond donors (Lipinski definition) is 1. The molecule has 3 aromatic carbocycles. The molecule has 0 bridgehead atoms. The van der Waals surface area contributed by atoms with Crippen molar-refractivity contribution in [2.24, 2.45) is 0 Å². The van der Waals surface area contributed by atoms with Gasteiger partial charge >= 0.3 is 0 Å². The Morgan fingerprint density at radius 3 is 2.59 bits per heavy atom. The fraction of sp³-hybridized carbons (Fsp3) is 0.125. The van der Waals surface area contributed by atoms with Gasteiger partial charge in [0.15, 0.2) is 11.5 Å². The highest BCUT2D eigenvalue weighted by Gasteiger charge is 2.12. The number of nitrogens with one attached hydrogen (secondary N) is 1. The lowest BCUT2D eigenvalue weighted by molar-refractivity contribution is 0.0951. The van der Waals surface area contributed by atoms with Gasteiger partial charge in [0, 0.05) is 17.1 Å². The average Bonchev–Trinajstić information content (AvgIpc) is 2.82. The van der Waals surface area contributed by atoms with Crippen LogP contribution < -0.4 is 20.3 Å². The molecule has 4 rings (SSSR count). The maximum atomic E-state index is 12.9. The molecule has 1 heterocycles. The summed E-state index contributed by atoms with van der Waals surface area (Å²) in [5, 5.41) is 3.80. The molecule has 1 N–H and O–H groups in total. The molecule has 7 nitrogen and oxygen atoms in total. The number of halogens is 1. The largest absolute Gasteiger partial charge is 0.493 e. The fourth-order valence-corrected chi connectivity index (χ4v) is 3.53. The maximum Gasteiger partial charge on any atom is 0.265 e. The number of rotatable bonds is 6. The SMILES string of the molecule is COc1ccc(CNC(=O)c2ccc3c(=O)n(-c4cccc(Cl)c4)cnc3c2)cc1OC. The van der Waals surface area contributed by atoms with Crippen LogP contribution in [0.15, 0.2) is 71.8 Å². The number of hydrogen-bond acceptors (Lipinski definition) is 5. The van der Waals surface area contributed by atoms with Crippen molar-refractivity contribution in [2.45, 2.75) is 6.54 Å². The van der Waals surface area contributed by atoms with Crippen molar-refractivity contribution in [3.05, 3.63) is 93.5 Å². The van der Waals surface area contributed by atoms with Crippen LogP contribution in [0.2, 0.25) is 5.02 Å². The summed E-state index contributed by atoms with van der Waals surface area (Å²) in [6, 6.07) is 17.2. The highest BCUT2D eigenvalue weighted by molar-refractivity contribution is 6.30. The number of ether oxygens (including phenoxy) is 2. The third-order valence-electron chi connectivity index (χ3n) is 5.01. The molecule has 1 aromatic heterocycles. The summed E-state index contributed by atoms with van der Waals surface area (Å²) in [6.07, 6.45) is 1.43. The van der Waals surface area contributed by atoms with Gasteiger partial charge in [-0.05, 0) is 54.1 Å². The van der Waals surface area contributed by atoms with Gasteiger partial charge in [0.25, 0.3) is 11.5 Å². The third kappa shape index (κ3) is 4.29. The van der Waals surface area contributed by atoms with Crippen LogP contribution in [0, 0.1) is 0 Å². The smallest absolute Gasteiger partial charge is 0.265 e. The average molecular weight is 450 g/mol. The fourth-order valence-electron chi connectivity index (χ4n) is 3.35. The molecule has 1 amide bonds. The predicted octanol–water partition coefficient (Wildman–Crippen LogP) is 3.99. The standard InChI is InChI=1S/C24H20ClN3O4/c1-31-21-9-6-15(10-22(21)32-2)13-26-23(29)16-7-8-19-20(11-16)27-14-28(24(19)30)18-5-3-4-17(25)12-18/h3-12,14H,13H2,1-2H3,(H,26,29). The molecule has 0 unspecified atom stereocenters. The van der Waals surface area contributed by atoms with Gasteiger partial charge in [0.05, 0.1) is 30.8 Å². The van der Waals surface area contributed by atoms with E-state index >= 15 is 0 Å². The summed E-state index contributed by atoms with van der Waals surface area (Å²) in [4.78, 5) is 29.9. The van der Waals surface area contributed by atoms with Crippen molar-refractivity contribution < 1.29 is 14.3 Å². The quantitative estimate of drug-likeness (QED) is 0.481. The van der Waals surface area contributed by atoms with Gasteiger partial charge in [0.2, 0.25) is 0 Å². The topological polar surface area (TPSA) is 82.5 Å². The molecular formula is C24H20ClN3O4. The van der Waals surface area contributed by atoms with Crippen molar-refractivity contribution in [3.63, 3.8) is 0 Å². The molecule has 162 valence electrons. The zero-order valence-corrected chi connectivity index (χ0v) is 18.2. The number of nitrogens with zero attached hydrogens (tertiary/aromatic N) is 2. The molecule has 0 aliphatic carbocycles. The molecule has 0 saturated carbocycles. The lowest BCUT2D eigenvalue weighted by atomic mass is 10.1. The number of amides is 1. The summed E-state index contributed by atoms with van der Waals surface area (Å²) in [6.45, 7) is 0.307. The van der Waals surface area contributed by atoms with Crippen LogP contribution >= 0.6 is 11.6 Å². The first-order valence-electron chi connectivity index (χ1n) is 9.76. The van der Waals surface area contributed by atoms with E-state index in [-0.39, 0.29) is 11.5 Å². The number of carbonyl (C=O) groups excluding carboxylic acids is 1. The van der Waals surface area contributed by atoms with Crippen molar-refractivity contribution in [1.29, 1.82) is 0 Å². The monoisotopic (exact) mass is 449 g/mol. The number of methoxy groups -OCH3 is 2.